The van der Waals surface area contributed by atoms with Gasteiger partial charge in [-0.25, -0.2) is 4.79 Å². The van der Waals surface area contributed by atoms with Gasteiger partial charge in [0.1, 0.15) is 11.9 Å². The first-order valence-corrected chi connectivity index (χ1v) is 4.03. The van der Waals surface area contributed by atoms with Crippen LogP contribution in [0.2, 0.25) is 0 Å². The van der Waals surface area contributed by atoms with E-state index < -0.39 is 23.3 Å². The number of alkyl halides is 3. The average Bonchev–Trinajstić information content (AvgIpc) is 2.61. The number of hydrogen-bond acceptors (Lipinski definition) is 3. The second kappa shape index (κ2) is 3.19. The number of aromatic nitrogens is 3. The quantitative estimate of drug-likeness (QED) is 0.806. The molecule has 2 rings (SSSR count). The molecule has 2 aromatic heterocycles. The van der Waals surface area contributed by atoms with E-state index in [2.05, 4.69) is 10.2 Å². The topological polar surface area (TPSA) is 67.5 Å². The summed E-state index contributed by atoms with van der Waals surface area (Å²) in [5, 5.41) is 15.5. The van der Waals surface area contributed by atoms with E-state index in [1.54, 1.807) is 0 Å². The SMILES string of the molecule is O=C(O)c1cc(C(F)(F)F)cn2cnnc12. The maximum atomic E-state index is 12.4. The Labute approximate surface area is 86.1 Å². The molecular weight excluding hydrogens is 227 g/mol. The number of carboxylic acid groups (broad SMARTS) is 1. The van der Waals surface area contributed by atoms with Crippen LogP contribution in [0.25, 0.3) is 5.65 Å². The number of aromatic carboxylic acids is 1. The fraction of sp³-hybridized carbons (Fsp3) is 0.125. The molecule has 5 nitrogen and oxygen atoms in total. The number of pyridine rings is 1. The molecule has 84 valence electrons. The molecule has 0 unspecified atom stereocenters. The average molecular weight is 231 g/mol. The summed E-state index contributed by atoms with van der Waals surface area (Å²) >= 11 is 0. The zero-order chi connectivity index (χ0) is 11.9. The van der Waals surface area contributed by atoms with Crippen molar-refractivity contribution in [1.82, 2.24) is 14.6 Å². The summed E-state index contributed by atoms with van der Waals surface area (Å²) < 4.78 is 38.2. The van der Waals surface area contributed by atoms with Gasteiger partial charge in [-0.05, 0) is 6.07 Å². The van der Waals surface area contributed by atoms with Crippen LogP contribution in [-0.4, -0.2) is 25.7 Å². The third-order valence-electron chi connectivity index (χ3n) is 1.95. The third-order valence-corrected chi connectivity index (χ3v) is 1.95. The fourth-order valence-corrected chi connectivity index (χ4v) is 1.25. The smallest absolute Gasteiger partial charge is 0.417 e. The lowest BCUT2D eigenvalue weighted by atomic mass is 10.2. The van der Waals surface area contributed by atoms with Crippen LogP contribution >= 0.6 is 0 Å². The Kier molecular flexibility index (Phi) is 2.07. The van der Waals surface area contributed by atoms with Crippen molar-refractivity contribution in [2.45, 2.75) is 6.18 Å². The first kappa shape index (κ1) is 10.4. The van der Waals surface area contributed by atoms with Crippen molar-refractivity contribution in [3.05, 3.63) is 29.7 Å². The molecule has 8 heteroatoms. The first-order chi connectivity index (χ1) is 7.39. The predicted molar refractivity (Wildman–Crippen MR) is 44.9 cm³/mol. The van der Waals surface area contributed by atoms with Crippen LogP contribution in [0.3, 0.4) is 0 Å². The molecular formula is C8H4F3N3O2. The number of rotatable bonds is 1. The maximum Gasteiger partial charge on any atom is 0.417 e. The Balaban J connectivity index is 2.76. The molecule has 0 fully saturated rings. The number of nitrogens with zero attached hydrogens (tertiary/aromatic N) is 3. The normalized spacial score (nSPS) is 11.9. The van der Waals surface area contributed by atoms with Crippen molar-refractivity contribution in [1.29, 1.82) is 0 Å². The van der Waals surface area contributed by atoms with E-state index in [9.17, 15) is 18.0 Å². The molecule has 0 aliphatic rings. The molecule has 0 atom stereocenters. The van der Waals surface area contributed by atoms with Crippen molar-refractivity contribution in [2.24, 2.45) is 0 Å². The van der Waals surface area contributed by atoms with Gasteiger partial charge in [0.25, 0.3) is 0 Å². The lowest BCUT2D eigenvalue weighted by molar-refractivity contribution is -0.137. The Bertz CT molecular complexity index is 561. The summed E-state index contributed by atoms with van der Waals surface area (Å²) in [5.74, 6) is -1.48. The Morgan fingerprint density at radius 3 is 2.69 bits per heavy atom. The van der Waals surface area contributed by atoms with Gasteiger partial charge in [0.15, 0.2) is 5.65 Å². The van der Waals surface area contributed by atoms with Crippen LogP contribution in [0.15, 0.2) is 18.6 Å². The zero-order valence-corrected chi connectivity index (χ0v) is 7.56. The highest BCUT2D eigenvalue weighted by molar-refractivity contribution is 5.94. The lowest BCUT2D eigenvalue weighted by Gasteiger charge is -2.08. The van der Waals surface area contributed by atoms with E-state index in [0.717, 1.165) is 16.9 Å². The number of carboxylic acids is 1. The molecule has 0 spiro atoms. The van der Waals surface area contributed by atoms with Gasteiger partial charge in [-0.15, -0.1) is 10.2 Å². The molecule has 0 aromatic carbocycles. The third kappa shape index (κ3) is 1.58. The highest BCUT2D eigenvalue weighted by atomic mass is 19.4. The second-order valence-corrected chi connectivity index (χ2v) is 3.01. The van der Waals surface area contributed by atoms with Crippen LogP contribution in [0, 0.1) is 0 Å². The monoisotopic (exact) mass is 231 g/mol. The second-order valence-electron chi connectivity index (χ2n) is 3.01. The summed E-state index contributed by atoms with van der Waals surface area (Å²) in [6.45, 7) is 0. The summed E-state index contributed by atoms with van der Waals surface area (Å²) in [5.41, 5.74) is -1.72. The summed E-state index contributed by atoms with van der Waals surface area (Å²) in [6, 6.07) is 0.534. The van der Waals surface area contributed by atoms with Gasteiger partial charge in [0, 0.05) is 6.20 Å². The van der Waals surface area contributed by atoms with Crippen LogP contribution in [0.4, 0.5) is 13.2 Å². The van der Waals surface area contributed by atoms with Crippen molar-refractivity contribution in [2.75, 3.05) is 0 Å². The van der Waals surface area contributed by atoms with Crippen LogP contribution < -0.4 is 0 Å². The molecule has 0 saturated carbocycles. The van der Waals surface area contributed by atoms with E-state index in [1.807, 2.05) is 0 Å². The molecule has 0 bridgehead atoms. The van der Waals surface area contributed by atoms with Crippen molar-refractivity contribution in [3.63, 3.8) is 0 Å². The van der Waals surface area contributed by atoms with Gasteiger partial charge in [-0.1, -0.05) is 0 Å². The van der Waals surface area contributed by atoms with Crippen molar-refractivity contribution in [3.8, 4) is 0 Å². The molecule has 0 aliphatic carbocycles. The molecule has 1 N–H and O–H groups in total. The maximum absolute atomic E-state index is 12.4. The molecule has 16 heavy (non-hydrogen) atoms. The van der Waals surface area contributed by atoms with Gasteiger partial charge in [-0.2, -0.15) is 13.2 Å². The summed E-state index contributed by atoms with van der Waals surface area (Å²) in [7, 11) is 0. The van der Waals surface area contributed by atoms with Gasteiger partial charge < -0.3 is 5.11 Å². The molecule has 2 aromatic rings. The molecule has 0 amide bonds. The molecule has 2 heterocycles. The predicted octanol–water partition coefficient (Wildman–Crippen LogP) is 1.45. The minimum Gasteiger partial charge on any atom is -0.478 e. The number of carbonyl (C=O) groups is 1. The van der Waals surface area contributed by atoms with E-state index in [4.69, 9.17) is 5.11 Å². The Morgan fingerprint density at radius 1 is 1.44 bits per heavy atom. The summed E-state index contributed by atoms with van der Waals surface area (Å²) in [6.07, 6.45) is -2.86. The van der Waals surface area contributed by atoms with E-state index in [-0.39, 0.29) is 5.65 Å². The first-order valence-electron chi connectivity index (χ1n) is 4.03. The molecule has 0 aliphatic heterocycles. The molecule has 0 saturated heterocycles. The number of halogens is 3. The van der Waals surface area contributed by atoms with Gasteiger partial charge >= 0.3 is 12.1 Å². The van der Waals surface area contributed by atoms with Crippen molar-refractivity contribution >= 4 is 11.6 Å². The van der Waals surface area contributed by atoms with Gasteiger partial charge in [0.2, 0.25) is 0 Å². The van der Waals surface area contributed by atoms with Crippen LogP contribution in [-0.2, 0) is 6.18 Å². The Hall–Kier alpha value is -2.12. The lowest BCUT2D eigenvalue weighted by Crippen LogP contribution is -2.10. The zero-order valence-electron chi connectivity index (χ0n) is 7.56. The molecule has 0 radical (unpaired) electrons. The van der Waals surface area contributed by atoms with Gasteiger partial charge in [0.05, 0.1) is 5.56 Å². The van der Waals surface area contributed by atoms with Crippen LogP contribution in [0.5, 0.6) is 0 Å². The minimum absolute atomic E-state index is 0.125. The summed E-state index contributed by atoms with van der Waals surface area (Å²) in [4.78, 5) is 10.7. The standard InChI is InChI=1S/C8H4F3N3O2/c9-8(10,11)4-1-5(7(15)16)6-13-12-3-14(6)2-4/h1-3H,(H,15,16). The van der Waals surface area contributed by atoms with E-state index in [0.29, 0.717) is 6.07 Å². The van der Waals surface area contributed by atoms with Gasteiger partial charge in [-0.3, -0.25) is 4.40 Å². The fourth-order valence-electron chi connectivity index (χ4n) is 1.25. The van der Waals surface area contributed by atoms with E-state index >= 15 is 0 Å². The largest absolute Gasteiger partial charge is 0.478 e. The highest BCUT2D eigenvalue weighted by Crippen LogP contribution is 2.30. The van der Waals surface area contributed by atoms with Crippen molar-refractivity contribution < 1.29 is 23.1 Å². The highest BCUT2D eigenvalue weighted by Gasteiger charge is 2.32. The van der Waals surface area contributed by atoms with Crippen LogP contribution in [0.1, 0.15) is 15.9 Å². The minimum atomic E-state index is -4.61. The Morgan fingerprint density at radius 2 is 2.12 bits per heavy atom. The van der Waals surface area contributed by atoms with E-state index in [1.165, 1.54) is 0 Å². The number of hydrogen-bond donors (Lipinski definition) is 1. The number of fused-ring (bicyclic) bond motifs is 1.